The predicted molar refractivity (Wildman–Crippen MR) is 273 cm³/mol. The fourth-order valence-corrected chi connectivity index (χ4v) is 14.7. The lowest BCUT2D eigenvalue weighted by molar-refractivity contribution is 0.0241. The van der Waals surface area contributed by atoms with Gasteiger partial charge in [0.2, 0.25) is 11.8 Å². The lowest BCUT2D eigenvalue weighted by atomic mass is 9.74. The van der Waals surface area contributed by atoms with Crippen molar-refractivity contribution in [2.24, 2.45) is 29.2 Å². The topological polar surface area (TPSA) is 270 Å². The molecular weight excluding hydrogens is 985 g/mol. The molecule has 77 heavy (non-hydrogen) atoms. The molecule has 17 bridgehead atoms. The van der Waals surface area contributed by atoms with Crippen LogP contribution in [0.25, 0.3) is 21.5 Å². The largest absolute Gasteiger partial charge is 0.366 e. The maximum atomic E-state index is 15.1. The monoisotopic (exact) mass is 1030 g/mol. The van der Waals surface area contributed by atoms with Crippen LogP contribution in [0, 0.1) is 17.8 Å². The summed E-state index contributed by atoms with van der Waals surface area (Å²) in [6.45, 7) is 1.99. The molecule has 1 unspecified atom stereocenters. The van der Waals surface area contributed by atoms with E-state index in [-0.39, 0.29) is 120 Å². The molecule has 3 saturated carbocycles. The van der Waals surface area contributed by atoms with Gasteiger partial charge in [-0.3, -0.25) is 77.1 Å². The van der Waals surface area contributed by atoms with Gasteiger partial charge in [0.05, 0.1) is 28.8 Å². The van der Waals surface area contributed by atoms with E-state index in [1.54, 1.807) is 0 Å². The standard InChI is InChI=1S/C59H50N6O12/c1-25-10-19-41-27(20-25)22-44(66)28-11-13-30-47-31(14-12-29(46(28)47)50(60)68)55(73)64(54(30)72)42-8-4-5-9-43(42)65-56(74)34-17-15-32-48-33(16-18-35(49(34)48)57(65)75)53(71)62(52(32)70)40-7-3-2-6-26(40)21-45(67)36-23-38-39(24-37(36)51(61)69)59(77)63(41)58(38)76/h11-18,23-27,40-43H,2-10,19-22H2,1H3,(H2,60,68)(H2,61,69)/t25?,26-,27-,40+,41+,42+,43+/m0/s1. The van der Waals surface area contributed by atoms with Gasteiger partial charge >= 0.3 is 0 Å². The molecule has 18 heteroatoms. The number of carbonyl (C=O) groups is 12. The van der Waals surface area contributed by atoms with Gasteiger partial charge in [-0.15, -0.1) is 0 Å². The first kappa shape index (κ1) is 48.1. The highest BCUT2D eigenvalue weighted by Crippen LogP contribution is 2.46. The van der Waals surface area contributed by atoms with Crippen molar-refractivity contribution >= 4 is 92.2 Å². The van der Waals surface area contributed by atoms with Crippen LogP contribution in [-0.2, 0) is 0 Å². The van der Waals surface area contributed by atoms with Crippen LogP contribution in [0.15, 0.2) is 60.7 Å². The van der Waals surface area contributed by atoms with E-state index in [0.717, 1.165) is 25.7 Å². The Labute approximate surface area is 439 Å². The van der Waals surface area contributed by atoms with Crippen LogP contribution in [0.4, 0.5) is 0 Å². The molecule has 3 aliphatic carbocycles. The smallest absolute Gasteiger partial charge is 0.261 e. The maximum Gasteiger partial charge on any atom is 0.261 e. The number of hydrogen-bond donors (Lipinski definition) is 2. The van der Waals surface area contributed by atoms with Crippen LogP contribution in [0.3, 0.4) is 0 Å². The fourth-order valence-electron chi connectivity index (χ4n) is 14.7. The number of nitrogens with zero attached hydrogens (tertiary/aromatic N) is 4. The molecule has 15 aliphatic rings. The highest BCUT2D eigenvalue weighted by molar-refractivity contribution is 6.34. The first-order chi connectivity index (χ1) is 37.0. The summed E-state index contributed by atoms with van der Waals surface area (Å²) in [5.74, 6) is -10.1. The maximum absolute atomic E-state index is 15.1. The summed E-state index contributed by atoms with van der Waals surface area (Å²) in [6, 6.07) is 10.0. The number of Topliss-reactive ketones (excluding diaryl/α,β-unsaturated/α-hetero) is 2. The normalized spacial score (nSPS) is 26.1. The molecule has 7 atom stereocenters. The Morgan fingerprint density at radius 1 is 0.377 bits per heavy atom. The molecule has 18 nitrogen and oxygen atoms in total. The van der Waals surface area contributed by atoms with Crippen molar-refractivity contribution in [3.63, 3.8) is 0 Å². The molecule has 0 saturated heterocycles. The van der Waals surface area contributed by atoms with Gasteiger partial charge in [-0.05, 0) is 123 Å². The Morgan fingerprint density at radius 3 is 1.23 bits per heavy atom. The van der Waals surface area contributed by atoms with Gasteiger partial charge < -0.3 is 11.5 Å². The Morgan fingerprint density at radius 2 is 0.740 bits per heavy atom. The van der Waals surface area contributed by atoms with Crippen LogP contribution in [-0.4, -0.2) is 114 Å². The van der Waals surface area contributed by atoms with Crippen LogP contribution in [0.2, 0.25) is 0 Å². The molecular formula is C59H50N6O12. The van der Waals surface area contributed by atoms with E-state index in [9.17, 15) is 38.4 Å². The van der Waals surface area contributed by atoms with Gasteiger partial charge in [0, 0.05) is 96.5 Å². The number of carbonyl (C=O) groups excluding carboxylic acids is 12. The summed E-state index contributed by atoms with van der Waals surface area (Å²) >= 11 is 0. The lowest BCUT2D eigenvalue weighted by Crippen LogP contribution is -2.61. The van der Waals surface area contributed by atoms with Crippen molar-refractivity contribution in [1.82, 2.24) is 19.6 Å². The molecule has 0 radical (unpaired) electrons. The van der Waals surface area contributed by atoms with E-state index in [1.807, 2.05) is 6.92 Å². The minimum absolute atomic E-state index is 0.0131. The van der Waals surface area contributed by atoms with E-state index >= 15 is 19.2 Å². The van der Waals surface area contributed by atoms with Crippen molar-refractivity contribution in [2.75, 3.05) is 0 Å². The molecule has 388 valence electrons. The van der Waals surface area contributed by atoms with Crippen molar-refractivity contribution in [3.05, 3.63) is 127 Å². The average molecular weight is 1040 g/mol. The zero-order valence-electron chi connectivity index (χ0n) is 41.8. The molecule has 10 amide bonds. The Hall–Kier alpha value is -8.54. The van der Waals surface area contributed by atoms with E-state index in [1.165, 1.54) is 54.6 Å². The second kappa shape index (κ2) is 17.2. The van der Waals surface area contributed by atoms with Crippen molar-refractivity contribution < 1.29 is 57.5 Å². The van der Waals surface area contributed by atoms with Crippen LogP contribution < -0.4 is 11.5 Å². The van der Waals surface area contributed by atoms with Gasteiger partial charge in [-0.2, -0.15) is 0 Å². The molecule has 0 aromatic heterocycles. The second-order valence-electron chi connectivity index (χ2n) is 22.3. The van der Waals surface area contributed by atoms with Crippen LogP contribution in [0.1, 0.15) is 215 Å². The van der Waals surface area contributed by atoms with E-state index in [0.29, 0.717) is 57.8 Å². The number of nitrogens with two attached hydrogens (primary N) is 2. The van der Waals surface area contributed by atoms with E-state index < -0.39 is 107 Å². The average Bonchev–Trinajstić information content (AvgIpc) is 3.85. The Balaban J connectivity index is 0.985. The molecule has 4 N–H and O–H groups in total. The van der Waals surface area contributed by atoms with Gasteiger partial charge in [0.1, 0.15) is 0 Å². The summed E-state index contributed by atoms with van der Waals surface area (Å²) in [6.07, 6.45) is 4.34. The van der Waals surface area contributed by atoms with Crippen LogP contribution in [0.5, 0.6) is 0 Å². The highest BCUT2D eigenvalue weighted by Gasteiger charge is 2.51. The number of primary amides is 2. The lowest BCUT2D eigenvalue weighted by Gasteiger charge is -2.45. The van der Waals surface area contributed by atoms with Crippen molar-refractivity contribution in [3.8, 4) is 0 Å². The van der Waals surface area contributed by atoms with Crippen molar-refractivity contribution in [2.45, 2.75) is 115 Å². The number of imide groups is 4. The molecule has 5 aromatic carbocycles. The van der Waals surface area contributed by atoms with Crippen LogP contribution >= 0.6 is 0 Å². The minimum atomic E-state index is -1.03. The fraction of sp³-hybridized carbons (Fsp3) is 0.356. The Kier molecular flexibility index (Phi) is 10.8. The number of benzene rings is 5. The number of rotatable bonds is 2. The van der Waals surface area contributed by atoms with E-state index in [2.05, 4.69) is 0 Å². The molecule has 12 aliphatic heterocycles. The molecule has 12 heterocycles. The zero-order valence-corrected chi connectivity index (χ0v) is 41.8. The summed E-state index contributed by atoms with van der Waals surface area (Å²) in [5, 5.41) is 0.264. The minimum Gasteiger partial charge on any atom is -0.366 e. The highest BCUT2D eigenvalue weighted by atomic mass is 16.2. The number of hydrogen-bond acceptors (Lipinski definition) is 12. The summed E-state index contributed by atoms with van der Waals surface area (Å²) in [4.78, 5) is 180. The first-order valence-electron chi connectivity index (χ1n) is 26.5. The Bertz CT molecular complexity index is 3650. The second-order valence-corrected chi connectivity index (χ2v) is 22.3. The third-order valence-corrected chi connectivity index (χ3v) is 18.2. The first-order valence-corrected chi connectivity index (χ1v) is 26.5. The SMILES string of the molecule is CC1CC[C@@H]2[C@H](CC(=O)c3ccc4c5c(ccc(C(N)=O)c35)C(=O)N(C4=O)[C@@H]3CCCC[C@H]3N3C(=O)c4ccc5c6c(ccc(c46)C3=O)C(=O)N(C5=O)[C@@H]3CCCC[C@H]3CC(=O)c3cc4c(cc3C(N)=O)C(=O)N2C4=O)C1. The summed E-state index contributed by atoms with van der Waals surface area (Å²) in [5.41, 5.74) is 11.2. The number of ketones is 2. The number of amides is 10. The molecule has 3 fully saturated rings. The third kappa shape index (κ3) is 6.78. The third-order valence-electron chi connectivity index (χ3n) is 18.2. The van der Waals surface area contributed by atoms with Gasteiger partial charge in [0.25, 0.3) is 47.3 Å². The van der Waals surface area contributed by atoms with Gasteiger partial charge in [0.15, 0.2) is 11.6 Å². The zero-order chi connectivity index (χ0) is 53.8. The molecule has 0 spiro atoms. The quantitative estimate of drug-likeness (QED) is 0.173. The predicted octanol–water partition coefficient (Wildman–Crippen LogP) is 6.81. The summed E-state index contributed by atoms with van der Waals surface area (Å²) < 4.78 is 0. The summed E-state index contributed by atoms with van der Waals surface area (Å²) in [7, 11) is 0. The van der Waals surface area contributed by atoms with Crippen molar-refractivity contribution in [1.29, 1.82) is 0 Å². The molecule has 5 aromatic rings. The van der Waals surface area contributed by atoms with Gasteiger partial charge in [-0.25, -0.2) is 0 Å². The molecule has 20 rings (SSSR count). The van der Waals surface area contributed by atoms with Gasteiger partial charge in [-0.1, -0.05) is 32.6 Å². The van der Waals surface area contributed by atoms with E-state index in [4.69, 9.17) is 11.5 Å².